The fourth-order valence-corrected chi connectivity index (χ4v) is 2.79. The van der Waals surface area contributed by atoms with Gasteiger partial charge in [-0.05, 0) is 66.1 Å². The van der Waals surface area contributed by atoms with Crippen LogP contribution in [0.3, 0.4) is 0 Å². The van der Waals surface area contributed by atoms with Crippen molar-refractivity contribution in [2.45, 2.75) is 31.9 Å². The van der Waals surface area contributed by atoms with Crippen LogP contribution in [0.25, 0.3) is 0 Å². The van der Waals surface area contributed by atoms with Crippen molar-refractivity contribution < 1.29 is 14.3 Å². The van der Waals surface area contributed by atoms with Crippen molar-refractivity contribution in [2.24, 2.45) is 0 Å². The Morgan fingerprint density at radius 1 is 1.20 bits per heavy atom. The molecule has 0 heterocycles. The standard InChI is InChI=1S/C19H22FIN2O2/c1-13(6-7-14-8-10-15(21)11-9-14)23-19(25)22-12-18(24)16-4-2-3-5-17(16)20/h2-5,8-11,13,18,24H,6-7,12H2,1H3,(H2,22,23,25). The maximum Gasteiger partial charge on any atom is 0.315 e. The molecule has 0 aliphatic rings. The van der Waals surface area contributed by atoms with E-state index in [-0.39, 0.29) is 24.2 Å². The topological polar surface area (TPSA) is 61.4 Å². The number of halogens is 2. The van der Waals surface area contributed by atoms with Crippen molar-refractivity contribution in [1.82, 2.24) is 10.6 Å². The molecule has 6 heteroatoms. The average molecular weight is 456 g/mol. The zero-order chi connectivity index (χ0) is 18.2. The summed E-state index contributed by atoms with van der Waals surface area (Å²) in [5, 5.41) is 15.4. The lowest BCUT2D eigenvalue weighted by molar-refractivity contribution is 0.168. The van der Waals surface area contributed by atoms with E-state index in [4.69, 9.17) is 0 Å². The third-order valence-electron chi connectivity index (χ3n) is 3.88. The van der Waals surface area contributed by atoms with Gasteiger partial charge in [-0.2, -0.15) is 0 Å². The van der Waals surface area contributed by atoms with Crippen LogP contribution >= 0.6 is 22.6 Å². The van der Waals surface area contributed by atoms with Gasteiger partial charge in [-0.1, -0.05) is 30.3 Å². The number of carbonyl (C=O) groups excluding carboxylic acids is 1. The van der Waals surface area contributed by atoms with E-state index < -0.39 is 11.9 Å². The molecular formula is C19H22FIN2O2. The molecule has 4 nitrogen and oxygen atoms in total. The van der Waals surface area contributed by atoms with Crippen LogP contribution in [-0.4, -0.2) is 23.7 Å². The highest BCUT2D eigenvalue weighted by molar-refractivity contribution is 14.1. The number of amides is 2. The van der Waals surface area contributed by atoms with Crippen LogP contribution in [0.15, 0.2) is 48.5 Å². The first-order chi connectivity index (χ1) is 12.0. The van der Waals surface area contributed by atoms with Gasteiger partial charge in [-0.15, -0.1) is 0 Å². The Balaban J connectivity index is 1.72. The normalized spacial score (nSPS) is 13.1. The summed E-state index contributed by atoms with van der Waals surface area (Å²) in [5.41, 5.74) is 1.40. The van der Waals surface area contributed by atoms with Gasteiger partial charge in [0.2, 0.25) is 0 Å². The van der Waals surface area contributed by atoms with Gasteiger partial charge < -0.3 is 15.7 Å². The number of aliphatic hydroxyl groups excluding tert-OH is 1. The number of carbonyl (C=O) groups is 1. The highest BCUT2D eigenvalue weighted by Crippen LogP contribution is 2.15. The first-order valence-electron chi connectivity index (χ1n) is 8.17. The first kappa shape index (κ1) is 19.7. The van der Waals surface area contributed by atoms with Gasteiger partial charge in [0.1, 0.15) is 5.82 Å². The summed E-state index contributed by atoms with van der Waals surface area (Å²) in [6.07, 6.45) is 0.606. The van der Waals surface area contributed by atoms with Crippen molar-refractivity contribution in [3.05, 3.63) is 69.0 Å². The molecule has 2 amide bonds. The largest absolute Gasteiger partial charge is 0.386 e. The molecule has 2 atom stereocenters. The summed E-state index contributed by atoms with van der Waals surface area (Å²) in [7, 11) is 0. The average Bonchev–Trinajstić information content (AvgIpc) is 2.59. The van der Waals surface area contributed by atoms with Crippen LogP contribution in [0.1, 0.15) is 30.6 Å². The molecule has 0 bridgehead atoms. The molecule has 0 radical (unpaired) electrons. The lowest BCUT2D eigenvalue weighted by Crippen LogP contribution is -2.42. The quantitative estimate of drug-likeness (QED) is 0.556. The van der Waals surface area contributed by atoms with E-state index in [9.17, 15) is 14.3 Å². The van der Waals surface area contributed by atoms with Gasteiger partial charge in [0.15, 0.2) is 0 Å². The minimum Gasteiger partial charge on any atom is -0.386 e. The van der Waals surface area contributed by atoms with E-state index in [1.54, 1.807) is 12.1 Å². The minimum atomic E-state index is -1.07. The molecule has 2 aromatic rings. The van der Waals surface area contributed by atoms with Crippen LogP contribution in [-0.2, 0) is 6.42 Å². The molecule has 0 aliphatic heterocycles. The van der Waals surface area contributed by atoms with Crippen LogP contribution < -0.4 is 10.6 Å². The van der Waals surface area contributed by atoms with E-state index in [0.717, 1.165) is 12.8 Å². The fourth-order valence-electron chi connectivity index (χ4n) is 2.43. The number of aryl methyl sites for hydroxylation is 1. The molecule has 0 fully saturated rings. The summed E-state index contributed by atoms with van der Waals surface area (Å²) in [4.78, 5) is 11.9. The third-order valence-corrected chi connectivity index (χ3v) is 4.60. The Labute approximate surface area is 161 Å². The van der Waals surface area contributed by atoms with Crippen molar-refractivity contribution in [1.29, 1.82) is 0 Å². The van der Waals surface area contributed by atoms with Crippen molar-refractivity contribution in [2.75, 3.05) is 6.54 Å². The summed E-state index contributed by atoms with van der Waals surface area (Å²) in [6.45, 7) is 1.89. The monoisotopic (exact) mass is 456 g/mol. The van der Waals surface area contributed by atoms with E-state index in [2.05, 4.69) is 57.5 Å². The van der Waals surface area contributed by atoms with Crippen LogP contribution in [0.4, 0.5) is 9.18 Å². The van der Waals surface area contributed by atoms with Crippen LogP contribution in [0.5, 0.6) is 0 Å². The van der Waals surface area contributed by atoms with Gasteiger partial charge in [0, 0.05) is 21.7 Å². The number of aliphatic hydroxyl groups is 1. The Morgan fingerprint density at radius 2 is 1.88 bits per heavy atom. The zero-order valence-corrected chi connectivity index (χ0v) is 16.2. The molecule has 2 unspecified atom stereocenters. The fraction of sp³-hybridized carbons (Fsp3) is 0.316. The maximum atomic E-state index is 13.6. The van der Waals surface area contributed by atoms with E-state index >= 15 is 0 Å². The van der Waals surface area contributed by atoms with Gasteiger partial charge in [0.25, 0.3) is 0 Å². The highest BCUT2D eigenvalue weighted by atomic mass is 127. The second-order valence-corrected chi connectivity index (χ2v) is 7.20. The number of benzene rings is 2. The van der Waals surface area contributed by atoms with Gasteiger partial charge >= 0.3 is 6.03 Å². The Morgan fingerprint density at radius 3 is 2.56 bits per heavy atom. The SMILES string of the molecule is CC(CCc1ccc(I)cc1)NC(=O)NCC(O)c1ccccc1F. The molecule has 0 saturated heterocycles. The van der Waals surface area contributed by atoms with E-state index in [1.165, 1.54) is 21.3 Å². The highest BCUT2D eigenvalue weighted by Gasteiger charge is 2.14. The van der Waals surface area contributed by atoms with Crippen LogP contribution in [0, 0.1) is 9.39 Å². The van der Waals surface area contributed by atoms with Gasteiger partial charge in [-0.25, -0.2) is 9.18 Å². The summed E-state index contributed by atoms with van der Waals surface area (Å²) in [6, 6.07) is 13.9. The molecule has 2 rings (SSSR count). The second kappa shape index (κ2) is 9.72. The van der Waals surface area contributed by atoms with E-state index in [1.807, 2.05) is 6.92 Å². The Kier molecular flexibility index (Phi) is 7.64. The molecule has 2 aromatic carbocycles. The molecule has 134 valence electrons. The molecule has 0 spiro atoms. The molecule has 3 N–H and O–H groups in total. The number of rotatable bonds is 7. The number of hydrogen-bond donors (Lipinski definition) is 3. The lowest BCUT2D eigenvalue weighted by atomic mass is 10.1. The molecule has 0 aromatic heterocycles. The maximum absolute atomic E-state index is 13.6. The summed E-state index contributed by atoms with van der Waals surface area (Å²) < 4.78 is 14.8. The summed E-state index contributed by atoms with van der Waals surface area (Å²) >= 11 is 2.27. The van der Waals surface area contributed by atoms with Crippen molar-refractivity contribution >= 4 is 28.6 Å². The van der Waals surface area contributed by atoms with Crippen LogP contribution in [0.2, 0.25) is 0 Å². The van der Waals surface area contributed by atoms with Crippen molar-refractivity contribution in [3.8, 4) is 0 Å². The lowest BCUT2D eigenvalue weighted by Gasteiger charge is -2.17. The smallest absolute Gasteiger partial charge is 0.315 e. The second-order valence-electron chi connectivity index (χ2n) is 5.96. The molecule has 0 aliphatic carbocycles. The predicted octanol–water partition coefficient (Wildman–Crippen LogP) is 3.78. The first-order valence-corrected chi connectivity index (χ1v) is 9.25. The molecule has 25 heavy (non-hydrogen) atoms. The van der Waals surface area contributed by atoms with E-state index in [0.29, 0.717) is 0 Å². The number of nitrogens with one attached hydrogen (secondary N) is 2. The Hall–Kier alpha value is -1.67. The predicted molar refractivity (Wildman–Crippen MR) is 105 cm³/mol. The molecule has 0 saturated carbocycles. The molecular weight excluding hydrogens is 434 g/mol. The minimum absolute atomic E-state index is 0.00937. The summed E-state index contributed by atoms with van der Waals surface area (Å²) in [5.74, 6) is -0.483. The third kappa shape index (κ3) is 6.62. The van der Waals surface area contributed by atoms with Gasteiger partial charge in [0.05, 0.1) is 6.10 Å². The number of urea groups is 1. The Bertz CT molecular complexity index is 694. The number of hydrogen-bond acceptors (Lipinski definition) is 2. The van der Waals surface area contributed by atoms with Crippen molar-refractivity contribution in [3.63, 3.8) is 0 Å². The zero-order valence-electron chi connectivity index (χ0n) is 14.0. The van der Waals surface area contributed by atoms with Gasteiger partial charge in [-0.3, -0.25) is 0 Å².